The summed E-state index contributed by atoms with van der Waals surface area (Å²) in [6.45, 7) is 14.6. The first-order chi connectivity index (χ1) is 9.57. The molecule has 0 aliphatic heterocycles. The lowest BCUT2D eigenvalue weighted by Crippen LogP contribution is -2.41. The van der Waals surface area contributed by atoms with Crippen LogP contribution in [0.4, 0.5) is 0 Å². The molecule has 0 fully saturated rings. The van der Waals surface area contributed by atoms with Crippen LogP contribution < -0.4 is 5.56 Å². The van der Waals surface area contributed by atoms with Crippen LogP contribution in [0.25, 0.3) is 10.9 Å². The molecule has 0 aliphatic rings. The first-order valence-electron chi connectivity index (χ1n) is 7.63. The molecular formula is C18H26N2O. The van der Waals surface area contributed by atoms with Gasteiger partial charge in [0, 0.05) is 11.0 Å². The van der Waals surface area contributed by atoms with Gasteiger partial charge in [0.05, 0.1) is 10.9 Å². The molecule has 0 saturated heterocycles. The van der Waals surface area contributed by atoms with Gasteiger partial charge in [-0.25, -0.2) is 4.98 Å². The zero-order valence-corrected chi connectivity index (χ0v) is 14.2. The van der Waals surface area contributed by atoms with Gasteiger partial charge in [0.2, 0.25) is 0 Å². The van der Waals surface area contributed by atoms with Crippen molar-refractivity contribution in [3.63, 3.8) is 0 Å². The molecule has 0 saturated carbocycles. The second kappa shape index (κ2) is 4.97. The maximum absolute atomic E-state index is 13.1. The monoisotopic (exact) mass is 286 g/mol. The molecule has 1 aromatic carbocycles. The summed E-state index contributed by atoms with van der Waals surface area (Å²) in [5.41, 5.74) is 1.49. The van der Waals surface area contributed by atoms with E-state index in [2.05, 4.69) is 48.5 Å². The molecule has 21 heavy (non-hydrogen) atoms. The maximum Gasteiger partial charge on any atom is 0.262 e. The molecule has 0 amide bonds. The van der Waals surface area contributed by atoms with Crippen LogP contribution in [0.15, 0.2) is 23.0 Å². The summed E-state index contributed by atoms with van der Waals surface area (Å²) in [5.74, 6) is 0.848. The van der Waals surface area contributed by atoms with Gasteiger partial charge in [-0.15, -0.1) is 0 Å². The van der Waals surface area contributed by atoms with Crippen LogP contribution in [0.5, 0.6) is 0 Å². The van der Waals surface area contributed by atoms with E-state index in [-0.39, 0.29) is 16.5 Å². The van der Waals surface area contributed by atoms with E-state index in [0.717, 1.165) is 28.7 Å². The minimum atomic E-state index is -0.290. The van der Waals surface area contributed by atoms with Crippen molar-refractivity contribution in [2.24, 2.45) is 0 Å². The lowest BCUT2D eigenvalue weighted by Gasteiger charge is -2.31. The van der Waals surface area contributed by atoms with E-state index in [4.69, 9.17) is 4.98 Å². The van der Waals surface area contributed by atoms with Crippen molar-refractivity contribution in [2.75, 3.05) is 0 Å². The first-order valence-corrected chi connectivity index (χ1v) is 7.63. The Hall–Kier alpha value is -1.64. The highest BCUT2D eigenvalue weighted by Gasteiger charge is 2.28. The van der Waals surface area contributed by atoms with Crippen LogP contribution in [0.2, 0.25) is 0 Å². The van der Waals surface area contributed by atoms with E-state index in [1.165, 1.54) is 0 Å². The van der Waals surface area contributed by atoms with Crippen LogP contribution in [0.1, 0.15) is 59.9 Å². The molecule has 1 heterocycles. The molecule has 0 unspecified atom stereocenters. The van der Waals surface area contributed by atoms with Crippen molar-refractivity contribution in [1.29, 1.82) is 0 Å². The van der Waals surface area contributed by atoms with Gasteiger partial charge in [-0.2, -0.15) is 0 Å². The zero-order valence-electron chi connectivity index (χ0n) is 14.2. The zero-order chi connectivity index (χ0) is 16.0. The minimum Gasteiger partial charge on any atom is -0.290 e. The van der Waals surface area contributed by atoms with Gasteiger partial charge in [0.25, 0.3) is 5.56 Å². The Morgan fingerprint density at radius 1 is 1.10 bits per heavy atom. The number of fused-ring (bicyclic) bond motifs is 1. The summed E-state index contributed by atoms with van der Waals surface area (Å²) >= 11 is 0. The van der Waals surface area contributed by atoms with E-state index in [1.807, 2.05) is 22.8 Å². The number of aryl methyl sites for hydroxylation is 1. The summed E-state index contributed by atoms with van der Waals surface area (Å²) in [7, 11) is 0. The summed E-state index contributed by atoms with van der Waals surface area (Å²) in [4.78, 5) is 18.0. The van der Waals surface area contributed by atoms with Crippen LogP contribution in [-0.4, -0.2) is 9.55 Å². The number of rotatable bonds is 1. The number of hydrogen-bond acceptors (Lipinski definition) is 2. The Morgan fingerprint density at radius 2 is 1.71 bits per heavy atom. The Morgan fingerprint density at radius 3 is 2.19 bits per heavy atom. The molecule has 0 bridgehead atoms. The molecule has 0 atom stereocenters. The molecule has 0 radical (unpaired) electrons. The topological polar surface area (TPSA) is 34.9 Å². The molecule has 0 aliphatic carbocycles. The van der Waals surface area contributed by atoms with E-state index in [0.29, 0.717) is 0 Å². The fraction of sp³-hybridized carbons (Fsp3) is 0.556. The van der Waals surface area contributed by atoms with Crippen LogP contribution in [-0.2, 0) is 17.4 Å². The van der Waals surface area contributed by atoms with E-state index >= 15 is 0 Å². The third-order valence-corrected chi connectivity index (χ3v) is 3.71. The lowest BCUT2D eigenvalue weighted by atomic mass is 9.92. The number of aromatic nitrogens is 2. The average molecular weight is 286 g/mol. The van der Waals surface area contributed by atoms with Crippen molar-refractivity contribution < 1.29 is 0 Å². The predicted molar refractivity (Wildman–Crippen MR) is 89.1 cm³/mol. The van der Waals surface area contributed by atoms with E-state index < -0.39 is 0 Å². The summed E-state index contributed by atoms with van der Waals surface area (Å²) in [6, 6.07) is 5.95. The molecule has 3 nitrogen and oxygen atoms in total. The van der Waals surface area contributed by atoms with Crippen molar-refractivity contribution in [3.8, 4) is 0 Å². The van der Waals surface area contributed by atoms with Crippen LogP contribution in [0, 0.1) is 0 Å². The van der Waals surface area contributed by atoms with Crippen LogP contribution >= 0.6 is 0 Å². The van der Waals surface area contributed by atoms with Gasteiger partial charge in [-0.05, 0) is 38.8 Å². The van der Waals surface area contributed by atoms with Gasteiger partial charge in [0.1, 0.15) is 5.82 Å². The number of nitrogens with zero attached hydrogens (tertiary/aromatic N) is 2. The van der Waals surface area contributed by atoms with Gasteiger partial charge in [0.15, 0.2) is 0 Å². The maximum atomic E-state index is 13.1. The lowest BCUT2D eigenvalue weighted by molar-refractivity contribution is 0.338. The Bertz CT molecular complexity index is 728. The third kappa shape index (κ3) is 2.74. The third-order valence-electron chi connectivity index (χ3n) is 3.71. The minimum absolute atomic E-state index is 0.0786. The first kappa shape index (κ1) is 15.7. The molecule has 114 valence electrons. The summed E-state index contributed by atoms with van der Waals surface area (Å²) in [5, 5.41) is 0.767. The quantitative estimate of drug-likeness (QED) is 0.794. The van der Waals surface area contributed by atoms with Crippen molar-refractivity contribution in [2.45, 2.75) is 65.8 Å². The predicted octanol–water partition coefficient (Wildman–Crippen LogP) is 4.01. The summed E-state index contributed by atoms with van der Waals surface area (Å²) in [6.07, 6.45) is 0.841. The summed E-state index contributed by atoms with van der Waals surface area (Å²) < 4.78 is 1.87. The molecule has 3 heteroatoms. The van der Waals surface area contributed by atoms with Crippen LogP contribution in [0.3, 0.4) is 0 Å². The fourth-order valence-electron chi connectivity index (χ4n) is 2.72. The SMILES string of the molecule is CCc1cccc2nc(C(C)(C)C)n(C(C)(C)C)c(=O)c12. The standard InChI is InChI=1S/C18H26N2O/c1-8-12-10-9-11-13-14(12)15(21)20(18(5,6)7)16(19-13)17(2,3)4/h9-11H,8H2,1-7H3. The molecule has 2 rings (SSSR count). The van der Waals surface area contributed by atoms with E-state index in [1.54, 1.807) is 0 Å². The van der Waals surface area contributed by atoms with Crippen molar-refractivity contribution in [3.05, 3.63) is 39.9 Å². The highest BCUT2D eigenvalue weighted by atomic mass is 16.1. The second-order valence-electron chi connectivity index (χ2n) is 7.66. The molecule has 1 aromatic heterocycles. The highest BCUT2D eigenvalue weighted by Crippen LogP contribution is 2.27. The second-order valence-corrected chi connectivity index (χ2v) is 7.66. The molecular weight excluding hydrogens is 260 g/mol. The molecule has 0 spiro atoms. The average Bonchev–Trinajstić information content (AvgIpc) is 2.34. The number of benzene rings is 1. The molecule has 2 aromatic rings. The normalized spacial score (nSPS) is 12.9. The fourth-order valence-corrected chi connectivity index (χ4v) is 2.72. The Kier molecular flexibility index (Phi) is 3.73. The largest absolute Gasteiger partial charge is 0.290 e. The van der Waals surface area contributed by atoms with Gasteiger partial charge < -0.3 is 0 Å². The highest BCUT2D eigenvalue weighted by molar-refractivity contribution is 5.81. The van der Waals surface area contributed by atoms with Crippen molar-refractivity contribution in [1.82, 2.24) is 9.55 Å². The number of hydrogen-bond donors (Lipinski definition) is 0. The Balaban J connectivity index is 3.04. The van der Waals surface area contributed by atoms with E-state index in [9.17, 15) is 4.79 Å². The molecule has 0 N–H and O–H groups in total. The van der Waals surface area contributed by atoms with Gasteiger partial charge in [-0.3, -0.25) is 9.36 Å². The Labute approximate surface area is 127 Å². The van der Waals surface area contributed by atoms with Gasteiger partial charge in [-0.1, -0.05) is 39.8 Å². The van der Waals surface area contributed by atoms with Gasteiger partial charge >= 0.3 is 0 Å². The van der Waals surface area contributed by atoms with Crippen molar-refractivity contribution >= 4 is 10.9 Å². The smallest absolute Gasteiger partial charge is 0.262 e.